The van der Waals surface area contributed by atoms with Gasteiger partial charge in [0.1, 0.15) is 5.75 Å². The van der Waals surface area contributed by atoms with E-state index in [1.807, 2.05) is 6.92 Å². The lowest BCUT2D eigenvalue weighted by molar-refractivity contribution is -0.163. The zero-order valence-electron chi connectivity index (χ0n) is 11.6. The van der Waals surface area contributed by atoms with Crippen LogP contribution in [-0.4, -0.2) is 29.2 Å². The second kappa shape index (κ2) is 9.02. The monoisotopic (exact) mass is 312 g/mol. The fraction of sp³-hybridized carbons (Fsp3) is 0.333. The molecule has 0 aliphatic rings. The molecule has 0 aromatic heterocycles. The fourth-order valence-electron chi connectivity index (χ4n) is 1.45. The molecule has 1 aromatic carbocycles. The highest BCUT2D eigenvalue weighted by Crippen LogP contribution is 2.16. The molecule has 0 heterocycles. The maximum atomic E-state index is 11.4. The lowest BCUT2D eigenvalue weighted by atomic mass is 10.2. The van der Waals surface area contributed by atoms with Crippen molar-refractivity contribution in [1.82, 2.24) is 0 Å². The highest BCUT2D eigenvalue weighted by molar-refractivity contribution is 6.18. The first kappa shape index (κ1) is 17.0. The van der Waals surface area contributed by atoms with Gasteiger partial charge in [-0.3, -0.25) is 4.79 Å². The van der Waals surface area contributed by atoms with Crippen molar-refractivity contribution in [3.8, 4) is 5.75 Å². The summed E-state index contributed by atoms with van der Waals surface area (Å²) in [7, 11) is 0. The summed E-state index contributed by atoms with van der Waals surface area (Å²) in [6, 6.07) is 6.78. The van der Waals surface area contributed by atoms with E-state index in [1.54, 1.807) is 24.3 Å². The third-order valence-corrected chi connectivity index (χ3v) is 2.65. The highest BCUT2D eigenvalue weighted by atomic mass is 35.5. The van der Waals surface area contributed by atoms with Gasteiger partial charge in [-0.05, 0) is 23.8 Å². The molecule has 6 heteroatoms. The summed E-state index contributed by atoms with van der Waals surface area (Å²) in [4.78, 5) is 21.8. The summed E-state index contributed by atoms with van der Waals surface area (Å²) < 4.78 is 10.7. The number of carbonyl (C=O) groups excluding carboxylic acids is 1. The van der Waals surface area contributed by atoms with Crippen LogP contribution in [0.5, 0.6) is 5.75 Å². The zero-order valence-corrected chi connectivity index (χ0v) is 12.4. The van der Waals surface area contributed by atoms with Gasteiger partial charge in [0.05, 0.1) is 6.42 Å². The number of aliphatic carboxylic acids is 1. The largest absolute Gasteiger partial charge is 0.478 e. The molecule has 1 atom stereocenters. The van der Waals surface area contributed by atoms with Crippen LogP contribution in [-0.2, 0) is 14.3 Å². The molecule has 5 nitrogen and oxygen atoms in total. The second-order valence-corrected chi connectivity index (χ2v) is 4.50. The number of halogens is 1. The molecule has 0 radical (unpaired) electrons. The van der Waals surface area contributed by atoms with Gasteiger partial charge in [0, 0.05) is 18.4 Å². The Morgan fingerprint density at radius 3 is 2.52 bits per heavy atom. The number of ether oxygens (including phenoxy) is 2. The van der Waals surface area contributed by atoms with Crippen LogP contribution in [0.2, 0.25) is 0 Å². The van der Waals surface area contributed by atoms with Crippen LogP contribution in [0.1, 0.15) is 25.3 Å². The lowest BCUT2D eigenvalue weighted by Gasteiger charge is -2.17. The van der Waals surface area contributed by atoms with Crippen molar-refractivity contribution in [1.29, 1.82) is 0 Å². The van der Waals surface area contributed by atoms with E-state index in [9.17, 15) is 9.59 Å². The third-order valence-electron chi connectivity index (χ3n) is 2.46. The van der Waals surface area contributed by atoms with Gasteiger partial charge in [0.15, 0.2) is 0 Å². The Hall–Kier alpha value is -2.01. The minimum atomic E-state index is -1.01. The number of benzene rings is 1. The summed E-state index contributed by atoms with van der Waals surface area (Å²) in [5.74, 6) is -0.668. The molecule has 0 fully saturated rings. The van der Waals surface area contributed by atoms with E-state index in [1.165, 1.54) is 6.08 Å². The van der Waals surface area contributed by atoms with Crippen molar-refractivity contribution in [2.24, 2.45) is 0 Å². The van der Waals surface area contributed by atoms with Gasteiger partial charge in [0.25, 0.3) is 0 Å². The number of alkyl halides is 1. The van der Waals surface area contributed by atoms with E-state index in [-0.39, 0.29) is 12.3 Å². The number of carboxylic acid groups (broad SMARTS) is 1. The van der Waals surface area contributed by atoms with Crippen LogP contribution in [0.25, 0.3) is 6.08 Å². The molecule has 0 saturated carbocycles. The molecule has 0 aliphatic heterocycles. The number of esters is 1. The Kier molecular flexibility index (Phi) is 7.32. The average Bonchev–Trinajstić information content (AvgIpc) is 2.46. The zero-order chi connectivity index (χ0) is 15.7. The van der Waals surface area contributed by atoms with Crippen LogP contribution < -0.4 is 4.74 Å². The number of hydrogen-bond acceptors (Lipinski definition) is 4. The van der Waals surface area contributed by atoms with Crippen LogP contribution in [0, 0.1) is 0 Å². The summed E-state index contributed by atoms with van der Waals surface area (Å²) in [6.07, 6.45) is 2.51. The molecular formula is C15H17ClO5. The van der Waals surface area contributed by atoms with Gasteiger partial charge < -0.3 is 14.6 Å². The van der Waals surface area contributed by atoms with Crippen molar-refractivity contribution in [3.63, 3.8) is 0 Å². The molecule has 0 spiro atoms. The highest BCUT2D eigenvalue weighted by Gasteiger charge is 2.13. The van der Waals surface area contributed by atoms with E-state index < -0.39 is 18.2 Å². The predicted octanol–water partition coefficient (Wildman–Crippen LogP) is 3.07. The van der Waals surface area contributed by atoms with Crippen molar-refractivity contribution < 1.29 is 24.2 Å². The molecule has 114 valence electrons. The quantitative estimate of drug-likeness (QED) is 0.345. The molecule has 0 saturated heterocycles. The topological polar surface area (TPSA) is 72.8 Å². The van der Waals surface area contributed by atoms with Gasteiger partial charge in [-0.2, -0.15) is 0 Å². The fourth-order valence-corrected chi connectivity index (χ4v) is 1.60. The summed E-state index contributed by atoms with van der Waals surface area (Å²) in [5.41, 5.74) is 0.733. The average molecular weight is 313 g/mol. The Bertz CT molecular complexity index is 495. The second-order valence-electron chi connectivity index (χ2n) is 4.13. The molecular weight excluding hydrogens is 296 g/mol. The number of carboxylic acids is 1. The number of carbonyl (C=O) groups is 2. The number of hydrogen-bond donors (Lipinski definition) is 1. The minimum Gasteiger partial charge on any atom is -0.478 e. The van der Waals surface area contributed by atoms with Crippen LogP contribution in [0.15, 0.2) is 30.3 Å². The van der Waals surface area contributed by atoms with E-state index >= 15 is 0 Å². The van der Waals surface area contributed by atoms with Crippen molar-refractivity contribution >= 4 is 29.6 Å². The number of rotatable bonds is 8. The van der Waals surface area contributed by atoms with Gasteiger partial charge in [0.2, 0.25) is 6.29 Å². The molecule has 0 bridgehead atoms. The van der Waals surface area contributed by atoms with Crippen LogP contribution in [0.3, 0.4) is 0 Å². The maximum Gasteiger partial charge on any atom is 0.328 e. The molecule has 1 unspecified atom stereocenters. The first-order valence-electron chi connectivity index (χ1n) is 6.48. The Morgan fingerprint density at radius 1 is 1.33 bits per heavy atom. The Labute approximate surface area is 128 Å². The van der Waals surface area contributed by atoms with Gasteiger partial charge in [-0.15, -0.1) is 11.6 Å². The van der Waals surface area contributed by atoms with Crippen molar-refractivity contribution in [3.05, 3.63) is 35.9 Å². The van der Waals surface area contributed by atoms with Gasteiger partial charge >= 0.3 is 11.9 Å². The summed E-state index contributed by atoms with van der Waals surface area (Å²) in [6.45, 7) is 1.84. The molecule has 1 rings (SSSR count). The van der Waals surface area contributed by atoms with E-state index in [2.05, 4.69) is 0 Å². The Morgan fingerprint density at radius 2 is 2.00 bits per heavy atom. The standard InChI is InChI=1S/C15H17ClO5/c1-2-15(21-14(19)9-10-16)20-12-6-3-11(4-7-12)5-8-13(17)18/h3-8,15H,2,9-10H2,1H3,(H,17,18)/b8-5+. The van der Waals surface area contributed by atoms with Crippen LogP contribution >= 0.6 is 11.6 Å². The SMILES string of the molecule is CCC(OC(=O)CCCl)Oc1ccc(/C=C/C(=O)O)cc1. The van der Waals surface area contributed by atoms with Gasteiger partial charge in [-0.25, -0.2) is 4.79 Å². The lowest BCUT2D eigenvalue weighted by Crippen LogP contribution is -2.23. The molecule has 1 N–H and O–H groups in total. The van der Waals surface area contributed by atoms with Gasteiger partial charge in [-0.1, -0.05) is 19.1 Å². The van der Waals surface area contributed by atoms with E-state index in [4.69, 9.17) is 26.2 Å². The first-order valence-corrected chi connectivity index (χ1v) is 7.01. The normalized spacial score (nSPS) is 12.1. The van der Waals surface area contributed by atoms with Crippen molar-refractivity contribution in [2.75, 3.05) is 5.88 Å². The van der Waals surface area contributed by atoms with Crippen molar-refractivity contribution in [2.45, 2.75) is 26.1 Å². The third kappa shape index (κ3) is 6.81. The summed E-state index contributed by atoms with van der Waals surface area (Å²) >= 11 is 5.46. The molecule has 21 heavy (non-hydrogen) atoms. The van der Waals surface area contributed by atoms with Crippen LogP contribution in [0.4, 0.5) is 0 Å². The molecule has 0 amide bonds. The smallest absolute Gasteiger partial charge is 0.328 e. The van der Waals surface area contributed by atoms with E-state index in [0.29, 0.717) is 12.2 Å². The summed E-state index contributed by atoms with van der Waals surface area (Å²) in [5, 5.41) is 8.54. The van der Waals surface area contributed by atoms with E-state index in [0.717, 1.165) is 11.6 Å². The first-order chi connectivity index (χ1) is 10.0. The predicted molar refractivity (Wildman–Crippen MR) is 79.2 cm³/mol. The Balaban J connectivity index is 2.60. The minimum absolute atomic E-state index is 0.139. The maximum absolute atomic E-state index is 11.4. The molecule has 1 aromatic rings. The molecule has 0 aliphatic carbocycles.